The molecule has 0 unspecified atom stereocenters. The smallest absolute Gasteiger partial charge is 0.428 e. The van der Waals surface area contributed by atoms with Crippen LogP contribution in [0, 0.1) is 0 Å². The Balaban J connectivity index is 1.78. The highest BCUT2D eigenvalue weighted by Crippen LogP contribution is 2.10. The Morgan fingerprint density at radius 2 is 1.14 bits per heavy atom. The number of rotatable bonds is 4. The molecule has 0 heterocycles. The minimum Gasteiger partial charge on any atom is -0.444 e. The molecule has 0 fully saturated rings. The van der Waals surface area contributed by atoms with Crippen molar-refractivity contribution in [1.82, 2.24) is 3.11 Å². The fourth-order valence-corrected chi connectivity index (χ4v) is 1.91. The number of imide groups is 1. The second kappa shape index (κ2) is 8.38. The van der Waals surface area contributed by atoms with Crippen LogP contribution in [-0.2, 0) is 22.7 Å². The molecule has 2 aromatic carbocycles. The van der Waals surface area contributed by atoms with Crippen LogP contribution >= 0.6 is 22.9 Å². The Morgan fingerprint density at radius 1 is 0.773 bits per heavy atom. The van der Waals surface area contributed by atoms with Crippen LogP contribution in [0.2, 0.25) is 0 Å². The SMILES string of the molecule is O=C(OCc1ccccc1)N(I)C(=O)OCc1ccccc1. The second-order valence-corrected chi connectivity index (χ2v) is 5.33. The molecule has 0 saturated heterocycles. The highest BCUT2D eigenvalue weighted by Gasteiger charge is 2.22. The number of carbonyl (C=O) groups is 2. The molecule has 2 rings (SSSR count). The van der Waals surface area contributed by atoms with Gasteiger partial charge in [0.1, 0.15) is 13.2 Å². The lowest BCUT2D eigenvalue weighted by molar-refractivity contribution is 0.0993. The van der Waals surface area contributed by atoms with Gasteiger partial charge in [-0.1, -0.05) is 60.7 Å². The Bertz CT molecular complexity index is 563. The lowest BCUT2D eigenvalue weighted by Crippen LogP contribution is -2.29. The Hall–Kier alpha value is -2.09. The van der Waals surface area contributed by atoms with E-state index in [1.807, 2.05) is 60.7 Å². The first-order valence-electron chi connectivity index (χ1n) is 6.54. The predicted octanol–water partition coefficient (Wildman–Crippen LogP) is 4.31. The summed E-state index contributed by atoms with van der Waals surface area (Å²) in [7, 11) is 0. The predicted molar refractivity (Wildman–Crippen MR) is 89.1 cm³/mol. The van der Waals surface area contributed by atoms with Gasteiger partial charge in [0, 0.05) is 0 Å². The standard InChI is InChI=1S/C16H14INO4/c17-18(15(19)21-11-13-7-3-1-4-8-13)16(20)22-12-14-9-5-2-6-10-14/h1-10H,11-12H2. The molecule has 5 nitrogen and oxygen atoms in total. The van der Waals surface area contributed by atoms with Gasteiger partial charge in [0.05, 0.1) is 22.9 Å². The zero-order valence-corrected chi connectivity index (χ0v) is 13.8. The number of nitrogens with zero attached hydrogens (tertiary/aromatic N) is 1. The molecule has 2 amide bonds. The van der Waals surface area contributed by atoms with Crippen molar-refractivity contribution >= 4 is 35.1 Å². The van der Waals surface area contributed by atoms with Crippen LogP contribution in [0.1, 0.15) is 11.1 Å². The van der Waals surface area contributed by atoms with Crippen molar-refractivity contribution in [1.29, 1.82) is 0 Å². The number of benzene rings is 2. The van der Waals surface area contributed by atoms with Gasteiger partial charge >= 0.3 is 12.2 Å². The van der Waals surface area contributed by atoms with Crippen molar-refractivity contribution in [2.45, 2.75) is 13.2 Å². The Morgan fingerprint density at radius 3 is 1.50 bits per heavy atom. The molecule has 0 bridgehead atoms. The van der Waals surface area contributed by atoms with Crippen molar-refractivity contribution in [2.24, 2.45) is 0 Å². The quantitative estimate of drug-likeness (QED) is 0.556. The zero-order chi connectivity index (χ0) is 15.8. The van der Waals surface area contributed by atoms with E-state index in [0.717, 1.165) is 14.2 Å². The molecule has 2 aromatic rings. The third-order valence-corrected chi connectivity index (χ3v) is 3.52. The number of ether oxygens (including phenoxy) is 2. The van der Waals surface area contributed by atoms with Gasteiger partial charge in [-0.15, -0.1) is 0 Å². The van der Waals surface area contributed by atoms with Crippen molar-refractivity contribution in [2.75, 3.05) is 0 Å². The summed E-state index contributed by atoms with van der Waals surface area (Å²) in [6, 6.07) is 18.5. The zero-order valence-electron chi connectivity index (χ0n) is 11.6. The maximum absolute atomic E-state index is 11.8. The molecule has 0 N–H and O–H groups in total. The van der Waals surface area contributed by atoms with E-state index < -0.39 is 12.2 Å². The van der Waals surface area contributed by atoms with Crippen molar-refractivity contribution in [3.05, 3.63) is 71.8 Å². The molecule has 0 aliphatic carbocycles. The van der Waals surface area contributed by atoms with Gasteiger partial charge in [-0.3, -0.25) is 0 Å². The fourth-order valence-electron chi connectivity index (χ4n) is 1.63. The first-order chi connectivity index (χ1) is 10.7. The van der Waals surface area contributed by atoms with Gasteiger partial charge in [0.2, 0.25) is 0 Å². The second-order valence-electron chi connectivity index (χ2n) is 4.36. The van der Waals surface area contributed by atoms with Gasteiger partial charge < -0.3 is 9.47 Å². The average Bonchev–Trinajstić information content (AvgIpc) is 2.58. The lowest BCUT2D eigenvalue weighted by Gasteiger charge is -2.13. The molecule has 0 radical (unpaired) electrons. The molecule has 0 atom stereocenters. The Kier molecular flexibility index (Phi) is 6.20. The van der Waals surface area contributed by atoms with Gasteiger partial charge in [-0.2, -0.15) is 3.11 Å². The van der Waals surface area contributed by atoms with Crippen LogP contribution in [-0.4, -0.2) is 15.3 Å². The summed E-state index contributed by atoms with van der Waals surface area (Å²) >= 11 is 1.56. The van der Waals surface area contributed by atoms with Crippen molar-refractivity contribution < 1.29 is 19.1 Å². The van der Waals surface area contributed by atoms with E-state index in [0.29, 0.717) is 0 Å². The first kappa shape index (κ1) is 16.3. The number of amides is 2. The molecule has 6 heteroatoms. The first-order valence-corrected chi connectivity index (χ1v) is 7.50. The number of hydrogen-bond acceptors (Lipinski definition) is 4. The molecule has 0 saturated carbocycles. The highest BCUT2D eigenvalue weighted by molar-refractivity contribution is 14.1. The monoisotopic (exact) mass is 411 g/mol. The van der Waals surface area contributed by atoms with E-state index in [4.69, 9.17) is 9.47 Å². The minimum atomic E-state index is -0.762. The summed E-state index contributed by atoms with van der Waals surface area (Å²) in [5, 5.41) is 0. The van der Waals surface area contributed by atoms with E-state index >= 15 is 0 Å². The van der Waals surface area contributed by atoms with Crippen molar-refractivity contribution in [3.63, 3.8) is 0 Å². The Labute approximate surface area is 142 Å². The van der Waals surface area contributed by atoms with E-state index in [1.165, 1.54) is 0 Å². The summed E-state index contributed by atoms with van der Waals surface area (Å²) in [6.07, 6.45) is -1.52. The largest absolute Gasteiger partial charge is 0.444 e. The van der Waals surface area contributed by atoms with Crippen LogP contribution in [0.15, 0.2) is 60.7 Å². The molecular formula is C16H14INO4. The summed E-state index contributed by atoms with van der Waals surface area (Å²) in [4.78, 5) is 23.5. The normalized spacial score (nSPS) is 9.86. The summed E-state index contributed by atoms with van der Waals surface area (Å²) in [5.74, 6) is 0. The summed E-state index contributed by atoms with van der Waals surface area (Å²) in [5.41, 5.74) is 1.69. The van der Waals surface area contributed by atoms with E-state index in [-0.39, 0.29) is 13.2 Å². The van der Waals surface area contributed by atoms with Crippen LogP contribution in [0.3, 0.4) is 0 Å². The molecule has 0 aliphatic rings. The molecule has 0 aliphatic heterocycles. The highest BCUT2D eigenvalue weighted by atomic mass is 127. The van der Waals surface area contributed by atoms with Gasteiger partial charge in [-0.25, -0.2) is 9.59 Å². The number of halogens is 1. The maximum Gasteiger partial charge on any atom is 0.428 e. The van der Waals surface area contributed by atoms with Gasteiger partial charge in [-0.05, 0) is 11.1 Å². The third-order valence-electron chi connectivity index (χ3n) is 2.73. The molecule has 0 spiro atoms. The molecule has 22 heavy (non-hydrogen) atoms. The van der Waals surface area contributed by atoms with Crippen LogP contribution in [0.25, 0.3) is 0 Å². The topological polar surface area (TPSA) is 55.8 Å². The number of carbonyl (C=O) groups excluding carboxylic acids is 2. The van der Waals surface area contributed by atoms with E-state index in [1.54, 1.807) is 22.9 Å². The van der Waals surface area contributed by atoms with Gasteiger partial charge in [0.25, 0.3) is 0 Å². The van der Waals surface area contributed by atoms with E-state index in [9.17, 15) is 9.59 Å². The summed E-state index contributed by atoms with van der Waals surface area (Å²) in [6.45, 7) is 0.205. The van der Waals surface area contributed by atoms with Crippen molar-refractivity contribution in [3.8, 4) is 0 Å². The van der Waals surface area contributed by atoms with Crippen LogP contribution in [0.5, 0.6) is 0 Å². The molecular weight excluding hydrogens is 397 g/mol. The maximum atomic E-state index is 11.8. The molecule has 0 aromatic heterocycles. The van der Waals surface area contributed by atoms with Crippen LogP contribution in [0.4, 0.5) is 9.59 Å². The summed E-state index contributed by atoms with van der Waals surface area (Å²) < 4.78 is 10.9. The lowest BCUT2D eigenvalue weighted by atomic mass is 10.2. The third kappa shape index (κ3) is 5.03. The minimum absolute atomic E-state index is 0.102. The number of hydrogen-bond donors (Lipinski definition) is 0. The van der Waals surface area contributed by atoms with E-state index in [2.05, 4.69) is 0 Å². The average molecular weight is 411 g/mol. The fraction of sp³-hybridized carbons (Fsp3) is 0.125. The van der Waals surface area contributed by atoms with Gasteiger partial charge in [0.15, 0.2) is 0 Å². The molecule has 114 valence electrons. The van der Waals surface area contributed by atoms with Crippen LogP contribution < -0.4 is 0 Å².